The minimum Gasteiger partial charge on any atom is -0.481 e. The molecule has 0 aliphatic heterocycles. The van der Waals surface area contributed by atoms with Gasteiger partial charge in [-0.15, -0.1) is 0 Å². The second-order valence-corrected chi connectivity index (χ2v) is 4.84. The Bertz CT molecular complexity index is 460. The summed E-state index contributed by atoms with van der Waals surface area (Å²) in [5.41, 5.74) is 0.196. The monoisotopic (exact) mass is 267 g/mol. The summed E-state index contributed by atoms with van der Waals surface area (Å²) in [7, 11) is 0. The SMILES string of the molecule is CC(C)CC(=O)NC(CC(=O)O)c1ccccc1F. The summed E-state index contributed by atoms with van der Waals surface area (Å²) in [5.74, 6) is -1.72. The van der Waals surface area contributed by atoms with E-state index in [1.54, 1.807) is 6.07 Å². The van der Waals surface area contributed by atoms with Crippen molar-refractivity contribution < 1.29 is 19.1 Å². The van der Waals surface area contributed by atoms with Crippen LogP contribution in [0.2, 0.25) is 0 Å². The number of aliphatic carboxylic acids is 1. The standard InChI is InChI=1S/C14H18FNO3/c1-9(2)7-13(17)16-12(8-14(18)19)10-5-3-4-6-11(10)15/h3-6,9,12H,7-8H2,1-2H3,(H,16,17)(H,18,19). The third-order valence-corrected chi connectivity index (χ3v) is 2.59. The molecule has 5 heteroatoms. The van der Waals surface area contributed by atoms with E-state index in [-0.39, 0.29) is 30.2 Å². The highest BCUT2D eigenvalue weighted by Gasteiger charge is 2.21. The predicted molar refractivity (Wildman–Crippen MR) is 69.0 cm³/mol. The second kappa shape index (κ2) is 6.87. The molecule has 0 saturated heterocycles. The highest BCUT2D eigenvalue weighted by Crippen LogP contribution is 2.20. The van der Waals surface area contributed by atoms with Gasteiger partial charge in [0.1, 0.15) is 5.82 Å². The molecule has 1 aromatic carbocycles. The van der Waals surface area contributed by atoms with Crippen LogP contribution < -0.4 is 5.32 Å². The lowest BCUT2D eigenvalue weighted by Crippen LogP contribution is -2.31. The van der Waals surface area contributed by atoms with Gasteiger partial charge in [0.15, 0.2) is 0 Å². The van der Waals surface area contributed by atoms with E-state index in [1.807, 2.05) is 13.8 Å². The second-order valence-electron chi connectivity index (χ2n) is 4.84. The summed E-state index contributed by atoms with van der Waals surface area (Å²) in [5, 5.41) is 11.4. The fourth-order valence-electron chi connectivity index (χ4n) is 1.80. The number of carboxylic acids is 1. The number of hydrogen-bond acceptors (Lipinski definition) is 2. The number of halogens is 1. The lowest BCUT2D eigenvalue weighted by molar-refractivity contribution is -0.137. The first-order chi connectivity index (χ1) is 8.90. The summed E-state index contributed by atoms with van der Waals surface area (Å²) < 4.78 is 13.7. The van der Waals surface area contributed by atoms with Gasteiger partial charge in [0.2, 0.25) is 5.91 Å². The van der Waals surface area contributed by atoms with Crippen molar-refractivity contribution in [3.8, 4) is 0 Å². The quantitative estimate of drug-likeness (QED) is 0.832. The molecule has 1 unspecified atom stereocenters. The molecule has 0 heterocycles. The van der Waals surface area contributed by atoms with Crippen LogP contribution in [0.3, 0.4) is 0 Å². The van der Waals surface area contributed by atoms with Crippen LogP contribution in [0.1, 0.15) is 38.3 Å². The number of hydrogen-bond donors (Lipinski definition) is 2. The highest BCUT2D eigenvalue weighted by atomic mass is 19.1. The fourth-order valence-corrected chi connectivity index (χ4v) is 1.80. The Morgan fingerprint density at radius 1 is 1.26 bits per heavy atom. The van der Waals surface area contributed by atoms with E-state index < -0.39 is 17.8 Å². The maximum Gasteiger partial charge on any atom is 0.305 e. The van der Waals surface area contributed by atoms with Crippen LogP contribution in [-0.4, -0.2) is 17.0 Å². The molecule has 1 amide bonds. The molecule has 0 bridgehead atoms. The van der Waals surface area contributed by atoms with Gasteiger partial charge < -0.3 is 10.4 Å². The number of amides is 1. The Kier molecular flexibility index (Phi) is 5.48. The highest BCUT2D eigenvalue weighted by molar-refractivity contribution is 5.77. The van der Waals surface area contributed by atoms with Crippen LogP contribution in [0.15, 0.2) is 24.3 Å². The number of rotatable bonds is 6. The van der Waals surface area contributed by atoms with Crippen LogP contribution in [-0.2, 0) is 9.59 Å². The van der Waals surface area contributed by atoms with Crippen LogP contribution in [0.25, 0.3) is 0 Å². The van der Waals surface area contributed by atoms with Crippen LogP contribution in [0, 0.1) is 11.7 Å². The average Bonchev–Trinajstić information content (AvgIpc) is 2.26. The lowest BCUT2D eigenvalue weighted by atomic mass is 10.0. The average molecular weight is 267 g/mol. The summed E-state index contributed by atoms with van der Waals surface area (Å²) in [6.07, 6.45) is -0.0602. The Labute approximate surface area is 111 Å². The number of benzene rings is 1. The van der Waals surface area contributed by atoms with Gasteiger partial charge in [-0.3, -0.25) is 9.59 Å². The van der Waals surface area contributed by atoms with Crippen molar-refractivity contribution in [3.05, 3.63) is 35.6 Å². The number of nitrogens with one attached hydrogen (secondary N) is 1. The maximum atomic E-state index is 13.7. The molecule has 0 aromatic heterocycles. The molecule has 0 aliphatic rings. The Morgan fingerprint density at radius 2 is 1.89 bits per heavy atom. The summed E-state index contributed by atoms with van der Waals surface area (Å²) >= 11 is 0. The largest absolute Gasteiger partial charge is 0.481 e. The Morgan fingerprint density at radius 3 is 2.42 bits per heavy atom. The zero-order valence-electron chi connectivity index (χ0n) is 11.0. The fraction of sp³-hybridized carbons (Fsp3) is 0.429. The van der Waals surface area contributed by atoms with Crippen LogP contribution >= 0.6 is 0 Å². The molecule has 0 saturated carbocycles. The molecule has 0 aliphatic carbocycles. The van der Waals surface area contributed by atoms with Crippen molar-refractivity contribution in [1.29, 1.82) is 0 Å². The molecule has 1 atom stereocenters. The first-order valence-electron chi connectivity index (χ1n) is 6.15. The minimum absolute atomic E-state index is 0.158. The van der Waals surface area contributed by atoms with E-state index in [1.165, 1.54) is 18.2 Å². The first-order valence-corrected chi connectivity index (χ1v) is 6.15. The zero-order valence-corrected chi connectivity index (χ0v) is 11.0. The van der Waals surface area contributed by atoms with Gasteiger partial charge in [-0.25, -0.2) is 4.39 Å². The summed E-state index contributed by atoms with van der Waals surface area (Å²) in [6, 6.07) is 5.02. The normalized spacial score (nSPS) is 12.2. The van der Waals surface area contributed by atoms with E-state index in [9.17, 15) is 14.0 Å². The van der Waals surface area contributed by atoms with Crippen molar-refractivity contribution in [3.63, 3.8) is 0 Å². The van der Waals surface area contributed by atoms with Crippen molar-refractivity contribution in [2.24, 2.45) is 5.92 Å². The first kappa shape index (κ1) is 15.1. The third kappa shape index (κ3) is 5.07. The lowest BCUT2D eigenvalue weighted by Gasteiger charge is -2.18. The Balaban J connectivity index is 2.86. The molecule has 0 radical (unpaired) electrons. The molecule has 4 nitrogen and oxygen atoms in total. The van der Waals surface area contributed by atoms with Gasteiger partial charge in [-0.2, -0.15) is 0 Å². The van der Waals surface area contributed by atoms with Gasteiger partial charge in [0.05, 0.1) is 12.5 Å². The van der Waals surface area contributed by atoms with Gasteiger partial charge in [0.25, 0.3) is 0 Å². The van der Waals surface area contributed by atoms with E-state index in [0.29, 0.717) is 0 Å². The molecule has 19 heavy (non-hydrogen) atoms. The minimum atomic E-state index is -1.09. The van der Waals surface area contributed by atoms with E-state index in [4.69, 9.17) is 5.11 Å². The van der Waals surface area contributed by atoms with Crippen molar-refractivity contribution >= 4 is 11.9 Å². The van der Waals surface area contributed by atoms with Gasteiger partial charge in [-0.05, 0) is 12.0 Å². The van der Waals surface area contributed by atoms with Crippen LogP contribution in [0.4, 0.5) is 4.39 Å². The number of carbonyl (C=O) groups is 2. The Hall–Kier alpha value is -1.91. The summed E-state index contributed by atoms with van der Waals surface area (Å²) in [4.78, 5) is 22.5. The van der Waals surface area contributed by atoms with E-state index >= 15 is 0 Å². The predicted octanol–water partition coefficient (Wildman–Crippen LogP) is 2.50. The third-order valence-electron chi connectivity index (χ3n) is 2.59. The molecular weight excluding hydrogens is 249 g/mol. The molecule has 1 rings (SSSR count). The van der Waals surface area contributed by atoms with Gasteiger partial charge in [0, 0.05) is 12.0 Å². The van der Waals surface area contributed by atoms with Gasteiger partial charge >= 0.3 is 5.97 Å². The molecule has 1 aromatic rings. The molecule has 0 fully saturated rings. The smallest absolute Gasteiger partial charge is 0.305 e. The van der Waals surface area contributed by atoms with Crippen LogP contribution in [0.5, 0.6) is 0 Å². The zero-order chi connectivity index (χ0) is 14.4. The molecule has 2 N–H and O–H groups in total. The van der Waals surface area contributed by atoms with E-state index in [2.05, 4.69) is 5.32 Å². The maximum absolute atomic E-state index is 13.7. The van der Waals surface area contributed by atoms with Gasteiger partial charge in [-0.1, -0.05) is 32.0 Å². The number of carbonyl (C=O) groups excluding carboxylic acids is 1. The molecular formula is C14H18FNO3. The van der Waals surface area contributed by atoms with Crippen molar-refractivity contribution in [1.82, 2.24) is 5.32 Å². The summed E-state index contributed by atoms with van der Waals surface area (Å²) in [6.45, 7) is 3.77. The molecule has 0 spiro atoms. The van der Waals surface area contributed by atoms with Crippen molar-refractivity contribution in [2.45, 2.75) is 32.7 Å². The topological polar surface area (TPSA) is 66.4 Å². The van der Waals surface area contributed by atoms with Crippen molar-refractivity contribution in [2.75, 3.05) is 0 Å². The number of carboxylic acid groups (broad SMARTS) is 1. The molecule has 104 valence electrons. The van der Waals surface area contributed by atoms with E-state index in [0.717, 1.165) is 0 Å².